The third-order valence-electron chi connectivity index (χ3n) is 8.16. The van der Waals surface area contributed by atoms with Gasteiger partial charge in [0.1, 0.15) is 22.7 Å². The number of aryl methyl sites for hydroxylation is 1. The SMILES string of the molecule is CCC(C)(C)Oc1ccc(CCCCNC(=O)c2c(C)c(-c3ccc(Cl)cc3)nc3ccccc23)c(OC(C)(C)CC)c1. The van der Waals surface area contributed by atoms with E-state index in [1.54, 1.807) is 0 Å². The van der Waals surface area contributed by atoms with Gasteiger partial charge in [-0.25, -0.2) is 4.98 Å². The van der Waals surface area contributed by atoms with Crippen molar-refractivity contribution in [2.45, 2.75) is 91.8 Å². The monoisotopic (exact) mass is 600 g/mol. The molecule has 3 aromatic carbocycles. The molecule has 1 amide bonds. The molecule has 43 heavy (non-hydrogen) atoms. The molecule has 0 spiro atoms. The third kappa shape index (κ3) is 8.29. The third-order valence-corrected chi connectivity index (χ3v) is 8.41. The summed E-state index contributed by atoms with van der Waals surface area (Å²) in [6.45, 7) is 15.2. The number of hydrogen-bond acceptors (Lipinski definition) is 4. The quantitative estimate of drug-likeness (QED) is 0.155. The highest BCUT2D eigenvalue weighted by atomic mass is 35.5. The van der Waals surface area contributed by atoms with E-state index in [0.717, 1.165) is 76.9 Å². The first-order valence-electron chi connectivity index (χ1n) is 15.4. The Morgan fingerprint density at radius 2 is 1.56 bits per heavy atom. The Labute approximate surface area is 262 Å². The van der Waals surface area contributed by atoms with Crippen molar-refractivity contribution in [3.8, 4) is 22.8 Å². The molecular weight excluding hydrogens is 556 g/mol. The summed E-state index contributed by atoms with van der Waals surface area (Å²) in [5.74, 6) is 1.61. The number of para-hydroxylation sites is 1. The standard InChI is InChI=1S/C37H45ClN2O3/c1-8-36(4,5)42-29-22-19-26(32(24-29)43-37(6,7)9-2)14-12-13-23-39-35(41)33-25(3)34(27-17-20-28(38)21-18-27)40-31-16-11-10-15-30(31)33/h10-11,15-22,24H,8-9,12-14,23H2,1-7H3,(H,39,41). The van der Waals surface area contributed by atoms with Gasteiger partial charge in [0.2, 0.25) is 0 Å². The Balaban J connectivity index is 1.45. The number of aromatic nitrogens is 1. The molecule has 0 atom stereocenters. The molecule has 1 aromatic heterocycles. The summed E-state index contributed by atoms with van der Waals surface area (Å²) in [5.41, 5.74) is 4.66. The average molecular weight is 601 g/mol. The first-order chi connectivity index (χ1) is 20.4. The highest BCUT2D eigenvalue weighted by molar-refractivity contribution is 6.30. The first kappa shape index (κ1) is 32.3. The molecule has 0 aliphatic heterocycles. The lowest BCUT2D eigenvalue weighted by molar-refractivity contribution is 0.0942. The summed E-state index contributed by atoms with van der Waals surface area (Å²) in [6.07, 6.45) is 4.41. The summed E-state index contributed by atoms with van der Waals surface area (Å²) < 4.78 is 12.7. The molecule has 228 valence electrons. The van der Waals surface area contributed by atoms with Crippen molar-refractivity contribution >= 4 is 28.4 Å². The Bertz CT molecular complexity index is 1560. The molecule has 6 heteroatoms. The normalized spacial score (nSPS) is 11.9. The Morgan fingerprint density at radius 3 is 2.26 bits per heavy atom. The van der Waals surface area contributed by atoms with Gasteiger partial charge in [0.15, 0.2) is 0 Å². The lowest BCUT2D eigenvalue weighted by Gasteiger charge is -2.29. The van der Waals surface area contributed by atoms with Gasteiger partial charge in [-0.15, -0.1) is 0 Å². The van der Waals surface area contributed by atoms with Crippen LogP contribution in [0.25, 0.3) is 22.2 Å². The molecule has 0 saturated heterocycles. The Hall–Kier alpha value is -3.57. The number of amides is 1. The van der Waals surface area contributed by atoms with Crippen molar-refractivity contribution in [2.75, 3.05) is 6.54 Å². The van der Waals surface area contributed by atoms with E-state index in [4.69, 9.17) is 26.1 Å². The molecule has 0 saturated carbocycles. The van der Waals surface area contributed by atoms with Crippen LogP contribution in [0.4, 0.5) is 0 Å². The second-order valence-corrected chi connectivity index (χ2v) is 12.8. The van der Waals surface area contributed by atoms with Crippen LogP contribution < -0.4 is 14.8 Å². The molecular formula is C37H45ClN2O3. The van der Waals surface area contributed by atoms with Gasteiger partial charge in [0, 0.05) is 28.6 Å². The molecule has 0 aliphatic carbocycles. The minimum absolute atomic E-state index is 0.0833. The van der Waals surface area contributed by atoms with Crippen LogP contribution in [0.3, 0.4) is 0 Å². The summed E-state index contributed by atoms with van der Waals surface area (Å²) >= 11 is 6.12. The summed E-state index contributed by atoms with van der Waals surface area (Å²) in [7, 11) is 0. The number of nitrogens with one attached hydrogen (secondary N) is 1. The average Bonchev–Trinajstić information content (AvgIpc) is 2.97. The number of unbranched alkanes of at least 4 members (excludes halogenated alkanes) is 1. The molecule has 0 aliphatic rings. The Morgan fingerprint density at radius 1 is 0.884 bits per heavy atom. The van der Waals surface area contributed by atoms with Gasteiger partial charge in [-0.2, -0.15) is 0 Å². The molecule has 1 N–H and O–H groups in total. The van der Waals surface area contributed by atoms with Gasteiger partial charge in [-0.05, 0) is 102 Å². The van der Waals surface area contributed by atoms with Gasteiger partial charge >= 0.3 is 0 Å². The summed E-state index contributed by atoms with van der Waals surface area (Å²) in [5, 5.41) is 4.69. The van der Waals surface area contributed by atoms with Gasteiger partial charge in [0.05, 0.1) is 16.8 Å². The minimum Gasteiger partial charge on any atom is -0.488 e. The van der Waals surface area contributed by atoms with Gasteiger partial charge < -0.3 is 14.8 Å². The minimum atomic E-state index is -0.280. The second kappa shape index (κ2) is 13.8. The smallest absolute Gasteiger partial charge is 0.252 e. The van der Waals surface area contributed by atoms with Crippen LogP contribution in [-0.2, 0) is 6.42 Å². The van der Waals surface area contributed by atoms with Crippen LogP contribution in [-0.4, -0.2) is 28.6 Å². The van der Waals surface area contributed by atoms with E-state index in [-0.39, 0.29) is 17.1 Å². The zero-order valence-corrected chi connectivity index (χ0v) is 27.4. The number of nitrogens with zero attached hydrogens (tertiary/aromatic N) is 1. The highest BCUT2D eigenvalue weighted by Crippen LogP contribution is 2.33. The maximum Gasteiger partial charge on any atom is 0.252 e. The number of halogens is 1. The zero-order chi connectivity index (χ0) is 31.2. The zero-order valence-electron chi connectivity index (χ0n) is 26.6. The van der Waals surface area contributed by atoms with Gasteiger partial charge in [-0.3, -0.25) is 4.79 Å². The molecule has 5 nitrogen and oxygen atoms in total. The van der Waals surface area contributed by atoms with E-state index in [2.05, 4.69) is 52.9 Å². The van der Waals surface area contributed by atoms with Crippen molar-refractivity contribution in [3.63, 3.8) is 0 Å². The number of rotatable bonds is 13. The number of pyridine rings is 1. The topological polar surface area (TPSA) is 60.5 Å². The molecule has 0 bridgehead atoms. The number of carbonyl (C=O) groups excluding carboxylic acids is 1. The second-order valence-electron chi connectivity index (χ2n) is 12.4. The van der Waals surface area contributed by atoms with Gasteiger partial charge in [-0.1, -0.05) is 61.8 Å². The fourth-order valence-corrected chi connectivity index (χ4v) is 5.01. The predicted molar refractivity (Wildman–Crippen MR) is 179 cm³/mol. The number of carbonyl (C=O) groups is 1. The molecule has 0 radical (unpaired) electrons. The number of ether oxygens (including phenoxy) is 2. The van der Waals surface area contributed by atoms with E-state index in [1.165, 1.54) is 0 Å². The first-order valence-corrected chi connectivity index (χ1v) is 15.7. The molecule has 4 aromatic rings. The fraction of sp³-hybridized carbons (Fsp3) is 0.405. The van der Waals surface area contributed by atoms with Crippen molar-refractivity contribution in [1.29, 1.82) is 0 Å². The van der Waals surface area contributed by atoms with Crippen LogP contribution in [0.15, 0.2) is 66.7 Å². The van der Waals surface area contributed by atoms with E-state index in [1.807, 2.05) is 67.6 Å². The fourth-order valence-electron chi connectivity index (χ4n) is 4.88. The van der Waals surface area contributed by atoms with Gasteiger partial charge in [0.25, 0.3) is 5.91 Å². The number of benzene rings is 3. The van der Waals surface area contributed by atoms with Crippen molar-refractivity contribution in [3.05, 3.63) is 88.4 Å². The molecule has 1 heterocycles. The molecule has 0 fully saturated rings. The predicted octanol–water partition coefficient (Wildman–Crippen LogP) is 9.75. The number of fused-ring (bicyclic) bond motifs is 1. The van der Waals surface area contributed by atoms with E-state index in [9.17, 15) is 4.79 Å². The lowest BCUT2D eigenvalue weighted by Crippen LogP contribution is -2.28. The largest absolute Gasteiger partial charge is 0.488 e. The Kier molecular flexibility index (Phi) is 10.4. The lowest BCUT2D eigenvalue weighted by atomic mass is 9.97. The summed E-state index contributed by atoms with van der Waals surface area (Å²) in [6, 6.07) is 21.6. The van der Waals surface area contributed by atoms with Crippen LogP contribution in [0.2, 0.25) is 5.02 Å². The van der Waals surface area contributed by atoms with Crippen molar-refractivity contribution in [2.24, 2.45) is 0 Å². The van der Waals surface area contributed by atoms with Crippen LogP contribution in [0.5, 0.6) is 11.5 Å². The number of hydrogen-bond donors (Lipinski definition) is 1. The van der Waals surface area contributed by atoms with Crippen molar-refractivity contribution < 1.29 is 14.3 Å². The van der Waals surface area contributed by atoms with Crippen LogP contribution >= 0.6 is 11.6 Å². The van der Waals surface area contributed by atoms with E-state index >= 15 is 0 Å². The van der Waals surface area contributed by atoms with E-state index < -0.39 is 0 Å². The molecule has 4 rings (SSSR count). The maximum absolute atomic E-state index is 13.6. The molecule has 0 unspecified atom stereocenters. The van der Waals surface area contributed by atoms with Crippen LogP contribution in [0, 0.1) is 6.92 Å². The summed E-state index contributed by atoms with van der Waals surface area (Å²) in [4.78, 5) is 18.5. The maximum atomic E-state index is 13.6. The van der Waals surface area contributed by atoms with E-state index in [0.29, 0.717) is 17.1 Å². The highest BCUT2D eigenvalue weighted by Gasteiger charge is 2.22. The van der Waals surface area contributed by atoms with Crippen LogP contribution in [0.1, 0.15) is 88.7 Å². The van der Waals surface area contributed by atoms with Crippen molar-refractivity contribution in [1.82, 2.24) is 10.3 Å².